The topological polar surface area (TPSA) is 43.8 Å². The molecule has 4 heteroatoms. The van der Waals surface area contributed by atoms with E-state index in [1.165, 1.54) is 38.8 Å². The van der Waals surface area contributed by atoms with E-state index < -0.39 is 6.09 Å². The third kappa shape index (κ3) is 3.22. The average molecular weight is 268 g/mol. The first-order valence-electron chi connectivity index (χ1n) is 7.91. The minimum absolute atomic E-state index is 0.236. The predicted molar refractivity (Wildman–Crippen MR) is 76.4 cm³/mol. The van der Waals surface area contributed by atoms with Crippen molar-refractivity contribution in [2.45, 2.75) is 64.5 Å². The molecule has 0 aromatic rings. The summed E-state index contributed by atoms with van der Waals surface area (Å²) in [5.74, 6) is 0.544. The maximum atomic E-state index is 11.4. The van der Waals surface area contributed by atoms with Crippen LogP contribution in [-0.4, -0.2) is 52.7 Å². The lowest BCUT2D eigenvalue weighted by atomic mass is 9.99. The summed E-state index contributed by atoms with van der Waals surface area (Å²) in [5.41, 5.74) is 0. The Labute approximate surface area is 116 Å². The minimum Gasteiger partial charge on any atom is -0.465 e. The SMILES string of the molecule is CCC1CC(N2CCCCC2)CC1N(CC)C(=O)O. The van der Waals surface area contributed by atoms with Crippen LogP contribution in [0.1, 0.15) is 52.4 Å². The number of hydrogen-bond acceptors (Lipinski definition) is 2. The highest BCUT2D eigenvalue weighted by Gasteiger charge is 2.40. The van der Waals surface area contributed by atoms with Crippen molar-refractivity contribution >= 4 is 6.09 Å². The van der Waals surface area contributed by atoms with E-state index in [0.717, 1.165) is 12.8 Å². The summed E-state index contributed by atoms with van der Waals surface area (Å²) in [6.07, 6.45) is 6.57. The summed E-state index contributed by atoms with van der Waals surface area (Å²) in [7, 11) is 0. The van der Waals surface area contributed by atoms with E-state index in [1.807, 2.05) is 6.92 Å². The van der Waals surface area contributed by atoms with Gasteiger partial charge in [-0.25, -0.2) is 4.79 Å². The lowest BCUT2D eigenvalue weighted by Gasteiger charge is -2.33. The van der Waals surface area contributed by atoms with E-state index in [1.54, 1.807) is 4.90 Å². The van der Waals surface area contributed by atoms with Crippen molar-refractivity contribution in [1.82, 2.24) is 9.80 Å². The molecule has 2 rings (SSSR count). The Morgan fingerprint density at radius 3 is 2.42 bits per heavy atom. The van der Waals surface area contributed by atoms with Crippen molar-refractivity contribution < 1.29 is 9.90 Å². The first-order chi connectivity index (χ1) is 9.17. The zero-order valence-corrected chi connectivity index (χ0v) is 12.3. The van der Waals surface area contributed by atoms with E-state index in [2.05, 4.69) is 11.8 Å². The lowest BCUT2D eigenvalue weighted by molar-refractivity contribution is 0.111. The summed E-state index contributed by atoms with van der Waals surface area (Å²) in [6.45, 7) is 7.20. The van der Waals surface area contributed by atoms with Gasteiger partial charge in [0.2, 0.25) is 0 Å². The summed E-state index contributed by atoms with van der Waals surface area (Å²) < 4.78 is 0. The molecule has 3 unspecified atom stereocenters. The van der Waals surface area contributed by atoms with Gasteiger partial charge < -0.3 is 14.9 Å². The molecule has 4 nitrogen and oxygen atoms in total. The number of amides is 1. The van der Waals surface area contributed by atoms with Crippen LogP contribution in [0.3, 0.4) is 0 Å². The highest BCUT2D eigenvalue weighted by Crippen LogP contribution is 2.36. The van der Waals surface area contributed by atoms with E-state index >= 15 is 0 Å². The van der Waals surface area contributed by atoms with Crippen molar-refractivity contribution in [3.8, 4) is 0 Å². The van der Waals surface area contributed by atoms with Crippen LogP contribution in [0.4, 0.5) is 4.79 Å². The van der Waals surface area contributed by atoms with Gasteiger partial charge in [0.05, 0.1) is 0 Å². The summed E-state index contributed by atoms with van der Waals surface area (Å²) in [5, 5.41) is 9.36. The molecular weight excluding hydrogens is 240 g/mol. The van der Waals surface area contributed by atoms with Crippen LogP contribution in [0, 0.1) is 5.92 Å². The van der Waals surface area contributed by atoms with E-state index in [9.17, 15) is 9.90 Å². The fourth-order valence-corrected chi connectivity index (χ4v) is 3.99. The molecule has 1 aliphatic carbocycles. The monoisotopic (exact) mass is 268 g/mol. The van der Waals surface area contributed by atoms with Crippen LogP contribution in [0.15, 0.2) is 0 Å². The van der Waals surface area contributed by atoms with Gasteiger partial charge in [-0.05, 0) is 51.6 Å². The average Bonchev–Trinajstić information content (AvgIpc) is 2.84. The van der Waals surface area contributed by atoms with Crippen LogP contribution < -0.4 is 0 Å². The first-order valence-corrected chi connectivity index (χ1v) is 7.91. The Hall–Kier alpha value is -0.770. The molecule has 0 aromatic heterocycles. The summed E-state index contributed by atoms with van der Waals surface area (Å²) in [6, 6.07) is 0.850. The van der Waals surface area contributed by atoms with Crippen LogP contribution in [-0.2, 0) is 0 Å². The Morgan fingerprint density at radius 2 is 1.89 bits per heavy atom. The van der Waals surface area contributed by atoms with Crippen molar-refractivity contribution in [3.63, 3.8) is 0 Å². The van der Waals surface area contributed by atoms with E-state index in [-0.39, 0.29) is 6.04 Å². The van der Waals surface area contributed by atoms with E-state index in [4.69, 9.17) is 0 Å². The second-order valence-electron chi connectivity index (χ2n) is 6.03. The van der Waals surface area contributed by atoms with Crippen molar-refractivity contribution in [2.24, 2.45) is 5.92 Å². The highest BCUT2D eigenvalue weighted by molar-refractivity contribution is 5.65. The zero-order chi connectivity index (χ0) is 13.8. The summed E-state index contributed by atoms with van der Waals surface area (Å²) in [4.78, 5) is 15.7. The highest BCUT2D eigenvalue weighted by atomic mass is 16.4. The molecule has 0 spiro atoms. The third-order valence-corrected chi connectivity index (χ3v) is 5.05. The molecule has 1 saturated heterocycles. The van der Waals surface area contributed by atoms with Gasteiger partial charge in [-0.2, -0.15) is 0 Å². The number of nitrogens with zero attached hydrogens (tertiary/aromatic N) is 2. The van der Waals surface area contributed by atoms with Gasteiger partial charge >= 0.3 is 6.09 Å². The van der Waals surface area contributed by atoms with Gasteiger partial charge in [0.15, 0.2) is 0 Å². The third-order valence-electron chi connectivity index (χ3n) is 5.05. The molecule has 2 aliphatic rings. The Balaban J connectivity index is 2.01. The number of rotatable bonds is 4. The number of likely N-dealkylation sites (tertiary alicyclic amines) is 1. The fourth-order valence-electron chi connectivity index (χ4n) is 3.99. The second-order valence-corrected chi connectivity index (χ2v) is 6.03. The molecule has 2 fully saturated rings. The molecule has 110 valence electrons. The maximum Gasteiger partial charge on any atom is 0.407 e. The Bertz CT molecular complexity index is 303. The fraction of sp³-hybridized carbons (Fsp3) is 0.933. The maximum absolute atomic E-state index is 11.4. The molecule has 19 heavy (non-hydrogen) atoms. The standard InChI is InChI=1S/C15H28N2O2/c1-3-12-10-13(16-8-6-5-7-9-16)11-14(12)17(4-2)15(18)19/h12-14H,3-11H2,1-2H3,(H,18,19). The van der Waals surface area contributed by atoms with Crippen molar-refractivity contribution in [2.75, 3.05) is 19.6 Å². The van der Waals surface area contributed by atoms with Gasteiger partial charge in [0.25, 0.3) is 0 Å². The summed E-state index contributed by atoms with van der Waals surface area (Å²) >= 11 is 0. The largest absolute Gasteiger partial charge is 0.465 e. The van der Waals surface area contributed by atoms with Crippen molar-refractivity contribution in [3.05, 3.63) is 0 Å². The molecule has 0 aromatic carbocycles. The van der Waals surface area contributed by atoms with Gasteiger partial charge in [-0.1, -0.05) is 19.8 Å². The second kappa shape index (κ2) is 6.60. The number of piperidine rings is 1. The van der Waals surface area contributed by atoms with Crippen LogP contribution >= 0.6 is 0 Å². The molecule has 1 N–H and O–H groups in total. The zero-order valence-electron chi connectivity index (χ0n) is 12.3. The van der Waals surface area contributed by atoms with Gasteiger partial charge in [0.1, 0.15) is 0 Å². The number of carbonyl (C=O) groups is 1. The molecule has 1 saturated carbocycles. The normalized spacial score (nSPS) is 32.4. The molecule has 3 atom stereocenters. The molecule has 1 amide bonds. The smallest absolute Gasteiger partial charge is 0.407 e. The van der Waals surface area contributed by atoms with Crippen LogP contribution in [0.2, 0.25) is 0 Å². The molecular formula is C15H28N2O2. The van der Waals surface area contributed by atoms with Crippen LogP contribution in [0.5, 0.6) is 0 Å². The lowest BCUT2D eigenvalue weighted by Crippen LogP contribution is -2.42. The molecule has 0 bridgehead atoms. The quantitative estimate of drug-likeness (QED) is 0.852. The predicted octanol–water partition coefficient (Wildman–Crippen LogP) is 3.03. The van der Waals surface area contributed by atoms with Crippen molar-refractivity contribution in [1.29, 1.82) is 0 Å². The molecule has 1 aliphatic heterocycles. The minimum atomic E-state index is -0.745. The number of hydrogen-bond donors (Lipinski definition) is 1. The van der Waals surface area contributed by atoms with Gasteiger partial charge in [0, 0.05) is 18.6 Å². The van der Waals surface area contributed by atoms with Gasteiger partial charge in [-0.15, -0.1) is 0 Å². The van der Waals surface area contributed by atoms with E-state index in [0.29, 0.717) is 18.5 Å². The van der Waals surface area contributed by atoms with Gasteiger partial charge in [-0.3, -0.25) is 0 Å². The molecule has 0 radical (unpaired) electrons. The Kier molecular flexibility index (Phi) is 5.08. The number of carboxylic acid groups (broad SMARTS) is 1. The molecule has 1 heterocycles. The van der Waals surface area contributed by atoms with Crippen LogP contribution in [0.25, 0.3) is 0 Å². The Morgan fingerprint density at radius 1 is 1.21 bits per heavy atom. The first kappa shape index (κ1) is 14.6.